The van der Waals surface area contributed by atoms with Crippen molar-refractivity contribution in [2.24, 2.45) is 10.9 Å². The maximum atomic E-state index is 10.8. The van der Waals surface area contributed by atoms with Crippen molar-refractivity contribution in [2.45, 2.75) is 25.9 Å². The molecular formula is C21H27IN4O3. The Morgan fingerprint density at radius 3 is 2.59 bits per heavy atom. The lowest BCUT2D eigenvalue weighted by atomic mass is 10.1. The van der Waals surface area contributed by atoms with Gasteiger partial charge < -0.3 is 15.4 Å². The van der Waals surface area contributed by atoms with Crippen LogP contribution in [0.3, 0.4) is 0 Å². The summed E-state index contributed by atoms with van der Waals surface area (Å²) in [5.74, 6) is 1.21. The number of halogens is 1. The molecule has 2 N–H and O–H groups in total. The topological polar surface area (TPSA) is 88.8 Å². The van der Waals surface area contributed by atoms with Crippen LogP contribution in [-0.2, 0) is 11.3 Å². The largest absolute Gasteiger partial charge is 0.381 e. The first-order valence-corrected chi connectivity index (χ1v) is 9.52. The first kappa shape index (κ1) is 23.1. The minimum absolute atomic E-state index is 0. The van der Waals surface area contributed by atoms with E-state index >= 15 is 0 Å². The smallest absolute Gasteiger partial charge is 0.269 e. The summed E-state index contributed by atoms with van der Waals surface area (Å²) < 4.78 is 5.44. The maximum Gasteiger partial charge on any atom is 0.269 e. The summed E-state index contributed by atoms with van der Waals surface area (Å²) in [7, 11) is 0. The third-order valence-corrected chi connectivity index (χ3v) is 4.80. The van der Waals surface area contributed by atoms with Gasteiger partial charge in [0.05, 0.1) is 24.1 Å². The molecule has 0 bridgehead atoms. The van der Waals surface area contributed by atoms with Gasteiger partial charge >= 0.3 is 0 Å². The van der Waals surface area contributed by atoms with Crippen LogP contribution >= 0.6 is 24.0 Å². The van der Waals surface area contributed by atoms with Crippen molar-refractivity contribution in [2.75, 3.05) is 19.8 Å². The van der Waals surface area contributed by atoms with Gasteiger partial charge in [-0.15, -0.1) is 24.0 Å². The van der Waals surface area contributed by atoms with E-state index in [4.69, 9.17) is 4.74 Å². The number of guanidine groups is 1. The lowest BCUT2D eigenvalue weighted by Crippen LogP contribution is -2.41. The second-order valence-corrected chi connectivity index (χ2v) is 6.98. The number of hydrogen-bond acceptors (Lipinski definition) is 4. The fourth-order valence-electron chi connectivity index (χ4n) is 3.06. The summed E-state index contributed by atoms with van der Waals surface area (Å²) in [6, 6.07) is 16.8. The normalized spacial score (nSPS) is 17.3. The third kappa shape index (κ3) is 7.28. The predicted molar refractivity (Wildman–Crippen MR) is 125 cm³/mol. The van der Waals surface area contributed by atoms with E-state index in [1.54, 1.807) is 12.1 Å². The van der Waals surface area contributed by atoms with E-state index in [1.165, 1.54) is 17.7 Å². The first-order valence-electron chi connectivity index (χ1n) is 9.52. The molecule has 0 aromatic heterocycles. The quantitative estimate of drug-likeness (QED) is 0.193. The summed E-state index contributed by atoms with van der Waals surface area (Å²) in [5.41, 5.74) is 2.18. The monoisotopic (exact) mass is 510 g/mol. The van der Waals surface area contributed by atoms with E-state index < -0.39 is 4.92 Å². The Bertz CT molecular complexity index is 793. The average molecular weight is 510 g/mol. The predicted octanol–water partition coefficient (Wildman–Crippen LogP) is 4.05. The average Bonchev–Trinajstić information content (AvgIpc) is 3.24. The molecule has 2 aromatic carbocycles. The number of benzene rings is 2. The Morgan fingerprint density at radius 2 is 1.97 bits per heavy atom. The number of non-ortho nitro benzene ring substituents is 1. The summed E-state index contributed by atoms with van der Waals surface area (Å²) in [5, 5.41) is 17.7. The molecule has 2 atom stereocenters. The molecule has 8 heteroatoms. The van der Waals surface area contributed by atoms with E-state index in [2.05, 4.69) is 34.7 Å². The number of ether oxygens (including phenoxy) is 1. The highest BCUT2D eigenvalue weighted by Gasteiger charge is 2.16. The van der Waals surface area contributed by atoms with Crippen molar-refractivity contribution < 1.29 is 9.66 Å². The van der Waals surface area contributed by atoms with Crippen LogP contribution < -0.4 is 10.6 Å². The van der Waals surface area contributed by atoms with Gasteiger partial charge in [0, 0.05) is 31.2 Å². The van der Waals surface area contributed by atoms with Crippen molar-refractivity contribution in [1.29, 1.82) is 0 Å². The van der Waals surface area contributed by atoms with Crippen molar-refractivity contribution in [3.05, 3.63) is 75.8 Å². The Kier molecular flexibility index (Phi) is 9.33. The molecule has 2 unspecified atom stereocenters. The Morgan fingerprint density at radius 1 is 1.24 bits per heavy atom. The van der Waals surface area contributed by atoms with Crippen molar-refractivity contribution >= 4 is 35.6 Å². The number of nitrogens with zero attached hydrogens (tertiary/aromatic N) is 2. The van der Waals surface area contributed by atoms with Crippen LogP contribution in [-0.4, -0.2) is 30.6 Å². The van der Waals surface area contributed by atoms with Gasteiger partial charge in [0.1, 0.15) is 0 Å². The Labute approximate surface area is 188 Å². The molecule has 1 fully saturated rings. The molecule has 1 saturated heterocycles. The zero-order chi connectivity index (χ0) is 19.8. The van der Waals surface area contributed by atoms with Crippen LogP contribution in [0.2, 0.25) is 0 Å². The highest BCUT2D eigenvalue weighted by molar-refractivity contribution is 14.0. The number of nitro groups is 1. The standard InChI is InChI=1S/C21H26N4O3.HI/c1-16(19-5-3-2-4-6-19)24-21(23-14-18-11-12-28-15-18)22-13-17-7-9-20(10-8-17)25(26)27;/h2-10,16,18H,11-15H2,1H3,(H2,22,23,24);1H. The molecule has 0 spiro atoms. The van der Waals surface area contributed by atoms with Gasteiger partial charge in [0.25, 0.3) is 5.69 Å². The molecule has 0 aliphatic carbocycles. The second-order valence-electron chi connectivity index (χ2n) is 6.98. The molecule has 0 radical (unpaired) electrons. The van der Waals surface area contributed by atoms with Crippen LogP contribution in [0.1, 0.15) is 30.5 Å². The molecule has 3 rings (SSSR count). The SMILES string of the molecule is CC(NC(=NCc1ccc([N+](=O)[O-])cc1)NCC1CCOC1)c1ccccc1.I. The van der Waals surface area contributed by atoms with Crippen LogP contribution in [0, 0.1) is 16.0 Å². The van der Waals surface area contributed by atoms with E-state index in [9.17, 15) is 10.1 Å². The van der Waals surface area contributed by atoms with Gasteiger partial charge in [-0.05, 0) is 24.5 Å². The van der Waals surface area contributed by atoms with Crippen molar-refractivity contribution in [1.82, 2.24) is 10.6 Å². The highest BCUT2D eigenvalue weighted by atomic mass is 127. The molecule has 1 aliphatic rings. The second kappa shape index (κ2) is 11.7. The van der Waals surface area contributed by atoms with Crippen LogP contribution in [0.5, 0.6) is 0 Å². The van der Waals surface area contributed by atoms with Crippen molar-refractivity contribution in [3.8, 4) is 0 Å². The number of hydrogen-bond donors (Lipinski definition) is 2. The minimum atomic E-state index is -0.396. The molecule has 0 amide bonds. The number of nitro benzene ring substituents is 1. The molecule has 0 saturated carbocycles. The van der Waals surface area contributed by atoms with Gasteiger partial charge in [-0.1, -0.05) is 42.5 Å². The molecule has 1 aliphatic heterocycles. The molecule has 1 heterocycles. The fraction of sp³-hybridized carbons (Fsp3) is 0.381. The molecule has 156 valence electrons. The lowest BCUT2D eigenvalue weighted by molar-refractivity contribution is -0.384. The van der Waals surface area contributed by atoms with Crippen LogP contribution in [0.25, 0.3) is 0 Å². The van der Waals surface area contributed by atoms with Gasteiger partial charge in [0.2, 0.25) is 0 Å². The molecule has 29 heavy (non-hydrogen) atoms. The summed E-state index contributed by atoms with van der Waals surface area (Å²) >= 11 is 0. The van der Waals surface area contributed by atoms with Gasteiger partial charge in [-0.3, -0.25) is 10.1 Å². The molecular weight excluding hydrogens is 483 g/mol. The summed E-state index contributed by atoms with van der Waals surface area (Å²) in [4.78, 5) is 15.1. The Hall–Kier alpha value is -2.20. The highest BCUT2D eigenvalue weighted by Crippen LogP contribution is 2.14. The Balaban J connectivity index is 0.00000300. The zero-order valence-corrected chi connectivity index (χ0v) is 18.7. The van der Waals surface area contributed by atoms with Gasteiger partial charge in [0.15, 0.2) is 5.96 Å². The minimum Gasteiger partial charge on any atom is -0.381 e. The van der Waals surface area contributed by atoms with E-state index in [0.29, 0.717) is 12.5 Å². The van der Waals surface area contributed by atoms with Gasteiger partial charge in [-0.2, -0.15) is 0 Å². The maximum absolute atomic E-state index is 10.8. The van der Waals surface area contributed by atoms with E-state index in [-0.39, 0.29) is 35.7 Å². The van der Waals surface area contributed by atoms with E-state index in [0.717, 1.165) is 37.7 Å². The fourth-order valence-corrected chi connectivity index (χ4v) is 3.06. The number of aliphatic imine (C=N–C) groups is 1. The number of nitrogens with one attached hydrogen (secondary N) is 2. The molecule has 2 aromatic rings. The zero-order valence-electron chi connectivity index (χ0n) is 16.4. The van der Waals surface area contributed by atoms with Crippen molar-refractivity contribution in [3.63, 3.8) is 0 Å². The first-order chi connectivity index (χ1) is 13.6. The van der Waals surface area contributed by atoms with Crippen LogP contribution in [0.15, 0.2) is 59.6 Å². The summed E-state index contributed by atoms with van der Waals surface area (Å²) in [6.07, 6.45) is 1.05. The van der Waals surface area contributed by atoms with Crippen LogP contribution in [0.4, 0.5) is 5.69 Å². The van der Waals surface area contributed by atoms with Gasteiger partial charge in [-0.25, -0.2) is 4.99 Å². The number of rotatable bonds is 7. The summed E-state index contributed by atoms with van der Waals surface area (Å²) in [6.45, 7) is 4.92. The lowest BCUT2D eigenvalue weighted by Gasteiger charge is -2.20. The third-order valence-electron chi connectivity index (χ3n) is 4.80. The molecule has 7 nitrogen and oxygen atoms in total. The van der Waals surface area contributed by atoms with E-state index in [1.807, 2.05) is 18.2 Å².